The summed E-state index contributed by atoms with van der Waals surface area (Å²) in [6.45, 7) is 4.40. The zero-order chi connectivity index (χ0) is 15.6. The number of esters is 1. The van der Waals surface area contributed by atoms with Gasteiger partial charge in [-0.15, -0.1) is 5.10 Å². The molecular formula is C14H15BrClN3O2. The molecule has 0 radical (unpaired) electrons. The van der Waals surface area contributed by atoms with Crippen molar-refractivity contribution in [2.45, 2.75) is 26.3 Å². The van der Waals surface area contributed by atoms with Crippen LogP contribution in [0.5, 0.6) is 0 Å². The van der Waals surface area contributed by atoms with Crippen LogP contribution in [0.4, 0.5) is 0 Å². The first-order chi connectivity index (χ1) is 9.93. The Hall–Kier alpha value is -1.40. The molecule has 2 rings (SSSR count). The largest absolute Gasteiger partial charge is 0.464 e. The van der Waals surface area contributed by atoms with Crippen molar-refractivity contribution in [3.63, 3.8) is 0 Å². The SMILES string of the molecule is COC(=O)c1nnn(Cc2ccc(Br)cc2Cl)c1C(C)C. The molecule has 1 aromatic heterocycles. The van der Waals surface area contributed by atoms with E-state index in [2.05, 4.69) is 26.2 Å². The minimum Gasteiger partial charge on any atom is -0.464 e. The van der Waals surface area contributed by atoms with Crippen LogP contribution in [-0.2, 0) is 11.3 Å². The molecule has 0 atom stereocenters. The molecule has 0 aliphatic heterocycles. The summed E-state index contributed by atoms with van der Waals surface area (Å²) in [5.41, 5.74) is 1.89. The summed E-state index contributed by atoms with van der Waals surface area (Å²) in [5, 5.41) is 8.63. The summed E-state index contributed by atoms with van der Waals surface area (Å²) in [6, 6.07) is 5.65. The topological polar surface area (TPSA) is 57.0 Å². The minimum absolute atomic E-state index is 0.0864. The van der Waals surface area contributed by atoms with Gasteiger partial charge in [-0.05, 0) is 23.6 Å². The number of carbonyl (C=O) groups is 1. The molecule has 0 amide bonds. The molecule has 0 spiro atoms. The molecule has 112 valence electrons. The van der Waals surface area contributed by atoms with Crippen molar-refractivity contribution in [1.82, 2.24) is 15.0 Å². The average molecular weight is 373 g/mol. The van der Waals surface area contributed by atoms with Crippen molar-refractivity contribution in [2.24, 2.45) is 0 Å². The first-order valence-electron chi connectivity index (χ1n) is 6.39. The molecule has 2 aromatic rings. The third-order valence-electron chi connectivity index (χ3n) is 3.03. The summed E-state index contributed by atoms with van der Waals surface area (Å²) in [7, 11) is 1.33. The van der Waals surface area contributed by atoms with Gasteiger partial charge in [0.1, 0.15) is 0 Å². The van der Waals surface area contributed by atoms with E-state index in [-0.39, 0.29) is 11.6 Å². The number of halogens is 2. The molecule has 0 fully saturated rings. The van der Waals surface area contributed by atoms with Crippen LogP contribution in [0.2, 0.25) is 5.02 Å². The summed E-state index contributed by atoms with van der Waals surface area (Å²) in [6.07, 6.45) is 0. The van der Waals surface area contributed by atoms with Gasteiger partial charge in [-0.3, -0.25) is 0 Å². The molecule has 0 saturated carbocycles. The van der Waals surface area contributed by atoms with E-state index in [1.807, 2.05) is 32.0 Å². The Morgan fingerprint density at radius 3 is 2.76 bits per heavy atom. The van der Waals surface area contributed by atoms with E-state index in [4.69, 9.17) is 16.3 Å². The summed E-state index contributed by atoms with van der Waals surface area (Å²) < 4.78 is 7.34. The Bertz CT molecular complexity index is 670. The van der Waals surface area contributed by atoms with E-state index in [9.17, 15) is 4.79 Å². The Morgan fingerprint density at radius 1 is 1.48 bits per heavy atom. The maximum absolute atomic E-state index is 11.7. The number of carbonyl (C=O) groups excluding carboxylic acids is 1. The predicted molar refractivity (Wildman–Crippen MR) is 83.7 cm³/mol. The zero-order valence-corrected chi connectivity index (χ0v) is 14.3. The Balaban J connectivity index is 2.40. The lowest BCUT2D eigenvalue weighted by atomic mass is 10.1. The van der Waals surface area contributed by atoms with Gasteiger partial charge < -0.3 is 4.74 Å². The highest BCUT2D eigenvalue weighted by molar-refractivity contribution is 9.10. The Morgan fingerprint density at radius 2 is 2.19 bits per heavy atom. The molecule has 0 bridgehead atoms. The molecule has 0 N–H and O–H groups in total. The van der Waals surface area contributed by atoms with Gasteiger partial charge in [0.25, 0.3) is 0 Å². The van der Waals surface area contributed by atoms with Crippen LogP contribution >= 0.6 is 27.5 Å². The standard InChI is InChI=1S/C14H15BrClN3O2/c1-8(2)13-12(14(20)21-3)17-18-19(13)7-9-4-5-10(15)6-11(9)16/h4-6,8H,7H2,1-3H3. The van der Waals surface area contributed by atoms with E-state index in [1.165, 1.54) is 7.11 Å². The molecule has 0 aliphatic carbocycles. The molecule has 0 saturated heterocycles. The van der Waals surface area contributed by atoms with Crippen LogP contribution in [0.3, 0.4) is 0 Å². The van der Waals surface area contributed by atoms with E-state index >= 15 is 0 Å². The molecule has 1 heterocycles. The highest BCUT2D eigenvalue weighted by Crippen LogP contribution is 2.24. The van der Waals surface area contributed by atoms with Gasteiger partial charge in [-0.1, -0.05) is 52.7 Å². The highest BCUT2D eigenvalue weighted by Gasteiger charge is 2.23. The Kier molecular flexibility index (Phi) is 5.00. The van der Waals surface area contributed by atoms with Crippen LogP contribution in [0, 0.1) is 0 Å². The molecule has 21 heavy (non-hydrogen) atoms. The molecule has 7 heteroatoms. The van der Waals surface area contributed by atoms with Crippen LogP contribution in [0.25, 0.3) is 0 Å². The van der Waals surface area contributed by atoms with E-state index in [0.717, 1.165) is 15.7 Å². The molecule has 5 nitrogen and oxygen atoms in total. The van der Waals surface area contributed by atoms with Crippen molar-refractivity contribution < 1.29 is 9.53 Å². The second-order valence-electron chi connectivity index (χ2n) is 4.86. The first kappa shape index (κ1) is 16.0. The number of hydrogen-bond donors (Lipinski definition) is 0. The second kappa shape index (κ2) is 6.58. The van der Waals surface area contributed by atoms with E-state index in [0.29, 0.717) is 11.6 Å². The third-order valence-corrected chi connectivity index (χ3v) is 3.88. The molecule has 0 unspecified atom stereocenters. The van der Waals surface area contributed by atoms with Crippen LogP contribution in [-0.4, -0.2) is 28.1 Å². The number of ether oxygens (including phenoxy) is 1. The smallest absolute Gasteiger partial charge is 0.360 e. The lowest BCUT2D eigenvalue weighted by molar-refractivity contribution is 0.0592. The quantitative estimate of drug-likeness (QED) is 0.769. The fourth-order valence-corrected chi connectivity index (χ4v) is 2.80. The summed E-state index contributed by atoms with van der Waals surface area (Å²) >= 11 is 9.60. The number of rotatable bonds is 4. The number of benzene rings is 1. The third kappa shape index (κ3) is 3.44. The van der Waals surface area contributed by atoms with Crippen LogP contribution in [0.15, 0.2) is 22.7 Å². The average Bonchev–Trinajstić information content (AvgIpc) is 2.85. The number of hydrogen-bond acceptors (Lipinski definition) is 4. The first-order valence-corrected chi connectivity index (χ1v) is 7.56. The van der Waals surface area contributed by atoms with E-state index in [1.54, 1.807) is 4.68 Å². The lowest BCUT2D eigenvalue weighted by Gasteiger charge is -2.11. The monoisotopic (exact) mass is 371 g/mol. The fourth-order valence-electron chi connectivity index (χ4n) is 2.06. The molecular weight excluding hydrogens is 358 g/mol. The number of nitrogens with zero attached hydrogens (tertiary/aromatic N) is 3. The maximum Gasteiger partial charge on any atom is 0.360 e. The molecule has 0 aliphatic rings. The van der Waals surface area contributed by atoms with Gasteiger partial charge in [-0.25, -0.2) is 9.48 Å². The van der Waals surface area contributed by atoms with Gasteiger partial charge >= 0.3 is 5.97 Å². The summed E-state index contributed by atoms with van der Waals surface area (Å²) in [4.78, 5) is 11.7. The van der Waals surface area contributed by atoms with Crippen molar-refractivity contribution >= 4 is 33.5 Å². The minimum atomic E-state index is -0.480. The van der Waals surface area contributed by atoms with Gasteiger partial charge in [0.15, 0.2) is 5.69 Å². The zero-order valence-electron chi connectivity index (χ0n) is 11.9. The van der Waals surface area contributed by atoms with E-state index < -0.39 is 5.97 Å². The maximum atomic E-state index is 11.7. The fraction of sp³-hybridized carbons (Fsp3) is 0.357. The van der Waals surface area contributed by atoms with Crippen molar-refractivity contribution in [3.05, 3.63) is 44.6 Å². The normalized spacial score (nSPS) is 11.0. The van der Waals surface area contributed by atoms with Gasteiger partial charge in [0, 0.05) is 9.50 Å². The van der Waals surface area contributed by atoms with Crippen molar-refractivity contribution in [2.75, 3.05) is 7.11 Å². The Labute approximate surface area is 136 Å². The van der Waals surface area contributed by atoms with Crippen molar-refractivity contribution in [1.29, 1.82) is 0 Å². The van der Waals surface area contributed by atoms with Crippen molar-refractivity contribution in [3.8, 4) is 0 Å². The lowest BCUT2D eigenvalue weighted by Crippen LogP contribution is -2.12. The summed E-state index contributed by atoms with van der Waals surface area (Å²) in [5.74, 6) is -0.393. The highest BCUT2D eigenvalue weighted by atomic mass is 79.9. The molecule has 1 aromatic carbocycles. The van der Waals surface area contributed by atoms with Gasteiger partial charge in [-0.2, -0.15) is 0 Å². The number of methoxy groups -OCH3 is 1. The van der Waals surface area contributed by atoms with Gasteiger partial charge in [0.2, 0.25) is 0 Å². The second-order valence-corrected chi connectivity index (χ2v) is 6.19. The van der Waals surface area contributed by atoms with Crippen LogP contribution < -0.4 is 0 Å². The van der Waals surface area contributed by atoms with Crippen LogP contribution in [0.1, 0.15) is 41.5 Å². The van der Waals surface area contributed by atoms with Gasteiger partial charge in [0.05, 0.1) is 19.3 Å². The predicted octanol–water partition coefficient (Wildman–Crippen LogP) is 3.65. The number of aromatic nitrogens is 3.